The van der Waals surface area contributed by atoms with Crippen LogP contribution in [0.5, 0.6) is 0 Å². The van der Waals surface area contributed by atoms with Crippen LogP contribution in [0, 0.1) is 5.92 Å². The van der Waals surface area contributed by atoms with E-state index in [1.165, 1.54) is 12.7 Å². The first-order chi connectivity index (χ1) is 9.04. The number of aliphatic hydroxyl groups is 1. The molecule has 106 valence electrons. The largest absolute Gasteiger partial charge is 0.388 e. The maximum Gasteiger partial charge on any atom is 0.148 e. The highest BCUT2D eigenvalue weighted by Gasteiger charge is 2.32. The second kappa shape index (κ2) is 6.37. The number of halogens is 2. The van der Waals surface area contributed by atoms with E-state index in [2.05, 4.69) is 38.1 Å². The summed E-state index contributed by atoms with van der Waals surface area (Å²) in [5.41, 5.74) is -0.636. The van der Waals surface area contributed by atoms with E-state index in [0.29, 0.717) is 22.0 Å². The molecule has 0 unspecified atom stereocenters. The highest BCUT2D eigenvalue weighted by molar-refractivity contribution is 9.10. The molecule has 0 spiro atoms. The molecule has 6 heteroatoms. The fourth-order valence-corrected chi connectivity index (χ4v) is 3.00. The summed E-state index contributed by atoms with van der Waals surface area (Å²) in [6.07, 6.45) is 6.49. The Kier molecular flexibility index (Phi) is 5.03. The fraction of sp³-hybridized carbons (Fsp3) is 0.692. The molecular weight excluding hydrogens is 330 g/mol. The van der Waals surface area contributed by atoms with Gasteiger partial charge >= 0.3 is 0 Å². The van der Waals surface area contributed by atoms with Gasteiger partial charge in [0.1, 0.15) is 17.3 Å². The summed E-state index contributed by atoms with van der Waals surface area (Å²) >= 11 is 9.25. The molecule has 1 saturated carbocycles. The van der Waals surface area contributed by atoms with Crippen molar-refractivity contribution in [2.45, 2.75) is 44.6 Å². The van der Waals surface area contributed by atoms with E-state index in [-0.39, 0.29) is 0 Å². The SMILES string of the molecule is CCC1CCC(O)(CNc2ncnc(Cl)c2Br)CC1. The average Bonchev–Trinajstić information content (AvgIpc) is 2.41. The molecule has 19 heavy (non-hydrogen) atoms. The Morgan fingerprint density at radius 1 is 1.47 bits per heavy atom. The van der Waals surface area contributed by atoms with Gasteiger partial charge in [0.05, 0.1) is 10.1 Å². The van der Waals surface area contributed by atoms with E-state index >= 15 is 0 Å². The summed E-state index contributed by atoms with van der Waals surface area (Å²) in [5, 5.41) is 14.1. The van der Waals surface area contributed by atoms with Crippen LogP contribution in [0.1, 0.15) is 39.0 Å². The third kappa shape index (κ3) is 3.80. The van der Waals surface area contributed by atoms with Gasteiger partial charge in [0.15, 0.2) is 0 Å². The molecule has 0 bridgehead atoms. The predicted molar refractivity (Wildman–Crippen MR) is 80.4 cm³/mol. The van der Waals surface area contributed by atoms with Gasteiger partial charge < -0.3 is 10.4 Å². The molecule has 1 aliphatic carbocycles. The number of aromatic nitrogens is 2. The third-order valence-corrected chi connectivity index (χ3v) is 5.21. The molecule has 0 amide bonds. The molecule has 1 aromatic rings. The molecule has 2 N–H and O–H groups in total. The Bertz CT molecular complexity index is 436. The summed E-state index contributed by atoms with van der Waals surface area (Å²) in [6, 6.07) is 0. The molecule has 1 fully saturated rings. The van der Waals surface area contributed by atoms with Crippen molar-refractivity contribution in [3.8, 4) is 0 Å². The van der Waals surface area contributed by atoms with Gasteiger partial charge in [-0.15, -0.1) is 0 Å². The van der Waals surface area contributed by atoms with Gasteiger partial charge in [0.25, 0.3) is 0 Å². The molecule has 0 radical (unpaired) electrons. The van der Waals surface area contributed by atoms with Crippen LogP contribution < -0.4 is 5.32 Å². The maximum atomic E-state index is 10.6. The number of rotatable bonds is 4. The number of hydrogen-bond donors (Lipinski definition) is 2. The van der Waals surface area contributed by atoms with Crippen LogP contribution in [0.4, 0.5) is 5.82 Å². The lowest BCUT2D eigenvalue weighted by Gasteiger charge is -2.36. The molecule has 0 atom stereocenters. The van der Waals surface area contributed by atoms with Crippen molar-refractivity contribution in [2.75, 3.05) is 11.9 Å². The number of nitrogens with one attached hydrogen (secondary N) is 1. The van der Waals surface area contributed by atoms with Gasteiger partial charge in [-0.3, -0.25) is 0 Å². The van der Waals surface area contributed by atoms with Gasteiger partial charge in [-0.25, -0.2) is 9.97 Å². The van der Waals surface area contributed by atoms with Crippen molar-refractivity contribution in [2.24, 2.45) is 5.92 Å². The first-order valence-electron chi connectivity index (χ1n) is 6.66. The highest BCUT2D eigenvalue weighted by Crippen LogP contribution is 2.34. The number of anilines is 1. The van der Waals surface area contributed by atoms with Crippen molar-refractivity contribution in [3.05, 3.63) is 16.0 Å². The van der Waals surface area contributed by atoms with Gasteiger partial charge in [0, 0.05) is 6.54 Å². The highest BCUT2D eigenvalue weighted by atomic mass is 79.9. The molecule has 4 nitrogen and oxygen atoms in total. The van der Waals surface area contributed by atoms with Crippen LogP contribution >= 0.6 is 27.5 Å². The Morgan fingerprint density at radius 2 is 2.16 bits per heavy atom. The molecule has 1 heterocycles. The zero-order valence-corrected chi connectivity index (χ0v) is 13.3. The van der Waals surface area contributed by atoms with E-state index < -0.39 is 5.60 Å². The number of nitrogens with zero attached hydrogens (tertiary/aromatic N) is 2. The van der Waals surface area contributed by atoms with Crippen molar-refractivity contribution >= 4 is 33.3 Å². The van der Waals surface area contributed by atoms with Gasteiger partial charge in [-0.1, -0.05) is 24.9 Å². The monoisotopic (exact) mass is 347 g/mol. The van der Waals surface area contributed by atoms with E-state index in [0.717, 1.165) is 31.6 Å². The van der Waals surface area contributed by atoms with Crippen LogP contribution in [0.3, 0.4) is 0 Å². The van der Waals surface area contributed by atoms with E-state index in [9.17, 15) is 5.11 Å². The Hall–Kier alpha value is -0.390. The zero-order chi connectivity index (χ0) is 13.9. The second-order valence-electron chi connectivity index (χ2n) is 5.26. The topological polar surface area (TPSA) is 58.0 Å². The lowest BCUT2D eigenvalue weighted by atomic mass is 9.78. The predicted octanol–water partition coefficient (Wildman–Crippen LogP) is 3.64. The van der Waals surface area contributed by atoms with E-state index in [1.54, 1.807) is 0 Å². The minimum absolute atomic E-state index is 0.374. The molecule has 1 aromatic heterocycles. The normalized spacial score (nSPS) is 27.3. The third-order valence-electron chi connectivity index (χ3n) is 3.95. The minimum Gasteiger partial charge on any atom is -0.388 e. The first-order valence-corrected chi connectivity index (χ1v) is 7.83. The van der Waals surface area contributed by atoms with E-state index in [4.69, 9.17) is 11.6 Å². The molecule has 2 rings (SSSR count). The lowest BCUT2D eigenvalue weighted by molar-refractivity contribution is 0.00222. The van der Waals surface area contributed by atoms with Gasteiger partial charge in [0.2, 0.25) is 0 Å². The summed E-state index contributed by atoms with van der Waals surface area (Å²) in [6.45, 7) is 2.71. The van der Waals surface area contributed by atoms with Crippen molar-refractivity contribution in [3.63, 3.8) is 0 Å². The van der Waals surface area contributed by atoms with Crippen LogP contribution in [-0.2, 0) is 0 Å². The average molecular weight is 349 g/mol. The zero-order valence-electron chi connectivity index (χ0n) is 11.0. The standard InChI is InChI=1S/C13H19BrClN3O/c1-2-9-3-5-13(19,6-4-9)7-16-12-10(14)11(15)17-8-18-12/h8-9,19H,2-7H2,1H3,(H,16,17,18). The van der Waals surface area contributed by atoms with Gasteiger partial charge in [-0.05, 0) is 47.5 Å². The smallest absolute Gasteiger partial charge is 0.148 e. The summed E-state index contributed by atoms with van der Waals surface area (Å²) in [4.78, 5) is 8.00. The Balaban J connectivity index is 1.93. The Morgan fingerprint density at radius 3 is 2.79 bits per heavy atom. The summed E-state index contributed by atoms with van der Waals surface area (Å²) in [7, 11) is 0. The molecule has 0 aromatic carbocycles. The van der Waals surface area contributed by atoms with Crippen LogP contribution in [0.15, 0.2) is 10.8 Å². The quantitative estimate of drug-likeness (QED) is 0.816. The van der Waals surface area contributed by atoms with Crippen LogP contribution in [0.25, 0.3) is 0 Å². The minimum atomic E-state index is -0.636. The van der Waals surface area contributed by atoms with E-state index in [1.807, 2.05) is 0 Å². The summed E-state index contributed by atoms with van der Waals surface area (Å²) in [5.74, 6) is 1.39. The van der Waals surface area contributed by atoms with Gasteiger partial charge in [-0.2, -0.15) is 0 Å². The second-order valence-corrected chi connectivity index (χ2v) is 6.41. The van der Waals surface area contributed by atoms with Crippen LogP contribution in [-0.4, -0.2) is 27.2 Å². The van der Waals surface area contributed by atoms with Crippen LogP contribution in [0.2, 0.25) is 5.15 Å². The van der Waals surface area contributed by atoms with Crippen molar-refractivity contribution < 1.29 is 5.11 Å². The molecule has 0 saturated heterocycles. The fourth-order valence-electron chi connectivity index (χ4n) is 2.52. The summed E-state index contributed by atoms with van der Waals surface area (Å²) < 4.78 is 0.641. The number of hydrogen-bond acceptors (Lipinski definition) is 4. The molecule has 1 aliphatic rings. The maximum absolute atomic E-state index is 10.6. The molecular formula is C13H19BrClN3O. The Labute approximate surface area is 127 Å². The van der Waals surface area contributed by atoms with Crippen molar-refractivity contribution in [1.82, 2.24) is 9.97 Å². The molecule has 0 aliphatic heterocycles. The lowest BCUT2D eigenvalue weighted by Crippen LogP contribution is -2.40. The van der Waals surface area contributed by atoms with Crippen molar-refractivity contribution in [1.29, 1.82) is 0 Å². The first kappa shape index (κ1) is 15.0.